The van der Waals surface area contributed by atoms with Crippen LogP contribution in [0.25, 0.3) is 22.3 Å². The molecule has 6 heteroatoms. The lowest BCUT2D eigenvalue weighted by Crippen LogP contribution is -2.12. The molecule has 0 radical (unpaired) electrons. The Morgan fingerprint density at radius 2 is 1.57 bits per heavy atom. The van der Waals surface area contributed by atoms with Gasteiger partial charge < -0.3 is 24.5 Å². The summed E-state index contributed by atoms with van der Waals surface area (Å²) < 4.78 is 11.9. The first-order valence-corrected chi connectivity index (χ1v) is 12.4. The lowest BCUT2D eigenvalue weighted by molar-refractivity contribution is 0.403. The second-order valence-corrected chi connectivity index (χ2v) is 9.78. The van der Waals surface area contributed by atoms with E-state index in [4.69, 9.17) is 9.15 Å². The fourth-order valence-electron chi connectivity index (χ4n) is 4.18. The van der Waals surface area contributed by atoms with Crippen molar-refractivity contribution in [3.8, 4) is 34.3 Å². The first kappa shape index (κ1) is 27.7. The van der Waals surface area contributed by atoms with Crippen molar-refractivity contribution >= 4 is 11.0 Å². The van der Waals surface area contributed by atoms with Crippen molar-refractivity contribution in [3.63, 3.8) is 0 Å². The van der Waals surface area contributed by atoms with Crippen molar-refractivity contribution < 1.29 is 24.5 Å². The summed E-state index contributed by atoms with van der Waals surface area (Å²) in [6.45, 7) is 10.1. The number of benzene rings is 2. The molecule has 37 heavy (non-hydrogen) atoms. The molecule has 0 saturated heterocycles. The van der Waals surface area contributed by atoms with Crippen LogP contribution in [0.3, 0.4) is 0 Å². The van der Waals surface area contributed by atoms with Gasteiger partial charge in [0.05, 0.1) is 12.7 Å². The van der Waals surface area contributed by atoms with Gasteiger partial charge in [0.1, 0.15) is 39.7 Å². The van der Waals surface area contributed by atoms with Crippen LogP contribution >= 0.6 is 0 Å². The predicted octanol–water partition coefficient (Wildman–Crippen LogP) is 7.33. The molecule has 0 bridgehead atoms. The average Bonchev–Trinajstić information content (AvgIpc) is 2.81. The molecule has 1 heterocycles. The summed E-state index contributed by atoms with van der Waals surface area (Å²) in [5, 5.41) is 31.3. The van der Waals surface area contributed by atoms with Gasteiger partial charge in [0.15, 0.2) is 0 Å². The standard InChI is InChI=1S/C31H36O6/c1-18(2)8-7-9-20(5)11-14-23-27(36-6)17-26(34)28-29(35)24(13-10-19(3)4)30(37-31(23)28)22-15-12-21(32)16-25(22)33/h8,10-12,15-17,32-34H,7,9,13-14H2,1-6H3/b20-11+. The Labute approximate surface area is 217 Å². The van der Waals surface area contributed by atoms with Gasteiger partial charge in [0.2, 0.25) is 5.43 Å². The van der Waals surface area contributed by atoms with E-state index in [2.05, 4.69) is 32.9 Å². The van der Waals surface area contributed by atoms with Gasteiger partial charge in [0, 0.05) is 23.3 Å². The smallest absolute Gasteiger partial charge is 0.200 e. The quantitative estimate of drug-likeness (QED) is 0.264. The topological polar surface area (TPSA) is 100 Å². The third-order valence-electron chi connectivity index (χ3n) is 6.21. The summed E-state index contributed by atoms with van der Waals surface area (Å²) in [6.07, 6.45) is 8.66. The molecule has 6 nitrogen and oxygen atoms in total. The van der Waals surface area contributed by atoms with E-state index in [1.165, 1.54) is 42.5 Å². The maximum atomic E-state index is 13.8. The Bertz CT molecular complexity index is 1450. The zero-order valence-corrected chi connectivity index (χ0v) is 22.4. The van der Waals surface area contributed by atoms with Crippen LogP contribution in [-0.2, 0) is 12.8 Å². The van der Waals surface area contributed by atoms with Gasteiger partial charge in [-0.05, 0) is 72.4 Å². The highest BCUT2D eigenvalue weighted by molar-refractivity contribution is 5.91. The summed E-state index contributed by atoms with van der Waals surface area (Å²) in [6, 6.07) is 5.58. The molecule has 0 saturated carbocycles. The molecule has 0 atom stereocenters. The number of allylic oxidation sites excluding steroid dienone is 6. The zero-order chi connectivity index (χ0) is 27.3. The Balaban J connectivity index is 2.29. The molecule has 3 aromatic rings. The highest BCUT2D eigenvalue weighted by Crippen LogP contribution is 2.40. The van der Waals surface area contributed by atoms with Gasteiger partial charge in [-0.15, -0.1) is 0 Å². The van der Waals surface area contributed by atoms with E-state index in [0.717, 1.165) is 18.4 Å². The molecule has 3 N–H and O–H groups in total. The Hall–Kier alpha value is -3.93. The number of phenolic OH excluding ortho intramolecular Hbond substituents is 3. The monoisotopic (exact) mass is 504 g/mol. The van der Waals surface area contributed by atoms with Crippen molar-refractivity contribution in [2.75, 3.05) is 7.11 Å². The van der Waals surface area contributed by atoms with Gasteiger partial charge in [-0.25, -0.2) is 0 Å². The summed E-state index contributed by atoms with van der Waals surface area (Å²) in [5.74, 6) is 0.0345. The molecule has 0 amide bonds. The number of ether oxygens (including phenoxy) is 1. The second-order valence-electron chi connectivity index (χ2n) is 9.78. The molecule has 0 spiro atoms. The molecule has 196 valence electrons. The van der Waals surface area contributed by atoms with Gasteiger partial charge in [0.25, 0.3) is 0 Å². The summed E-state index contributed by atoms with van der Waals surface area (Å²) >= 11 is 0. The molecule has 0 aliphatic heterocycles. The van der Waals surface area contributed by atoms with E-state index < -0.39 is 0 Å². The van der Waals surface area contributed by atoms with Crippen LogP contribution < -0.4 is 10.2 Å². The predicted molar refractivity (Wildman–Crippen MR) is 149 cm³/mol. The van der Waals surface area contributed by atoms with Crippen molar-refractivity contribution in [2.24, 2.45) is 0 Å². The molecule has 0 aliphatic carbocycles. The van der Waals surface area contributed by atoms with Crippen LogP contribution in [0.2, 0.25) is 0 Å². The molecule has 0 aliphatic rings. The van der Waals surface area contributed by atoms with E-state index in [-0.39, 0.29) is 51.4 Å². The fourth-order valence-corrected chi connectivity index (χ4v) is 4.18. The number of rotatable bonds is 9. The van der Waals surface area contributed by atoms with E-state index in [9.17, 15) is 20.1 Å². The average molecular weight is 505 g/mol. The molecule has 0 unspecified atom stereocenters. The van der Waals surface area contributed by atoms with Crippen molar-refractivity contribution in [3.05, 3.63) is 80.6 Å². The lowest BCUT2D eigenvalue weighted by atomic mass is 9.97. The third kappa shape index (κ3) is 6.45. The largest absolute Gasteiger partial charge is 0.508 e. The van der Waals surface area contributed by atoms with Crippen LogP contribution in [0.5, 0.6) is 23.0 Å². The van der Waals surface area contributed by atoms with E-state index in [0.29, 0.717) is 23.3 Å². The van der Waals surface area contributed by atoms with Crippen LogP contribution in [-0.4, -0.2) is 22.4 Å². The lowest BCUT2D eigenvalue weighted by Gasteiger charge is -2.16. The number of hydrogen-bond donors (Lipinski definition) is 3. The van der Waals surface area contributed by atoms with Crippen molar-refractivity contribution in [1.82, 2.24) is 0 Å². The van der Waals surface area contributed by atoms with Crippen molar-refractivity contribution in [1.29, 1.82) is 0 Å². The SMILES string of the molecule is COc1cc(O)c2c(=O)c(CC=C(C)C)c(-c3ccc(O)cc3O)oc2c1C/C=C(\C)CCC=C(C)C. The van der Waals surface area contributed by atoms with Crippen LogP contribution in [0.4, 0.5) is 0 Å². The second kappa shape index (κ2) is 11.9. The Morgan fingerprint density at radius 3 is 2.19 bits per heavy atom. The third-order valence-corrected chi connectivity index (χ3v) is 6.21. The Morgan fingerprint density at radius 1 is 0.892 bits per heavy atom. The number of fused-ring (bicyclic) bond motifs is 1. The van der Waals surface area contributed by atoms with Gasteiger partial charge in [-0.1, -0.05) is 34.9 Å². The minimum absolute atomic E-state index is 0.0746. The summed E-state index contributed by atoms with van der Waals surface area (Å²) in [4.78, 5) is 13.8. The highest BCUT2D eigenvalue weighted by Gasteiger charge is 2.24. The summed E-state index contributed by atoms with van der Waals surface area (Å²) in [5.41, 5.74) is 4.49. The van der Waals surface area contributed by atoms with E-state index >= 15 is 0 Å². The number of hydrogen-bond acceptors (Lipinski definition) is 6. The van der Waals surface area contributed by atoms with Crippen LogP contribution in [0.1, 0.15) is 58.6 Å². The highest BCUT2D eigenvalue weighted by atomic mass is 16.5. The maximum absolute atomic E-state index is 13.8. The van der Waals surface area contributed by atoms with Gasteiger partial charge in [-0.2, -0.15) is 0 Å². The number of methoxy groups -OCH3 is 1. The molecular formula is C31H36O6. The van der Waals surface area contributed by atoms with E-state index in [1.54, 1.807) is 0 Å². The first-order valence-electron chi connectivity index (χ1n) is 12.4. The molecule has 0 fully saturated rings. The van der Waals surface area contributed by atoms with Gasteiger partial charge in [-0.3, -0.25) is 4.79 Å². The summed E-state index contributed by atoms with van der Waals surface area (Å²) in [7, 11) is 1.50. The molecular weight excluding hydrogens is 468 g/mol. The fraction of sp³-hybridized carbons (Fsp3) is 0.323. The van der Waals surface area contributed by atoms with Crippen LogP contribution in [0.15, 0.2) is 68.4 Å². The van der Waals surface area contributed by atoms with Crippen molar-refractivity contribution in [2.45, 2.75) is 60.3 Å². The molecule has 3 rings (SSSR count). The van der Waals surface area contributed by atoms with Gasteiger partial charge >= 0.3 is 0 Å². The first-order chi connectivity index (χ1) is 17.5. The van der Waals surface area contributed by atoms with E-state index in [1.807, 2.05) is 19.9 Å². The molecule has 2 aromatic carbocycles. The number of phenols is 3. The minimum Gasteiger partial charge on any atom is -0.508 e. The number of aromatic hydroxyl groups is 3. The maximum Gasteiger partial charge on any atom is 0.200 e. The van der Waals surface area contributed by atoms with Crippen LogP contribution in [0, 0.1) is 0 Å². The normalized spacial score (nSPS) is 11.5. The zero-order valence-electron chi connectivity index (χ0n) is 22.4. The molecule has 1 aromatic heterocycles. The Kier molecular flexibility index (Phi) is 8.87. The minimum atomic E-state index is -0.383.